The number of para-hydroxylation sites is 1. The molecule has 281 valence electrons. The SMILES string of the molecule is CC1(C)CCC2(C)c3c(nc4c5[c-]cccc5c5cccc(c5n34)C2(C)C)-c2ccccc21.Cc1cccc(C)c1B1N(C)c2ccc[c-]c2-c2nccn21.[Ir]. The molecule has 7 heteroatoms. The number of imidazole rings is 2. The second kappa shape index (κ2) is 12.8. The Hall–Kier alpha value is -4.97. The van der Waals surface area contributed by atoms with Gasteiger partial charge >= 0.3 is 6.98 Å². The van der Waals surface area contributed by atoms with Crippen LogP contribution in [0.3, 0.4) is 0 Å². The first-order valence-electron chi connectivity index (χ1n) is 19.7. The summed E-state index contributed by atoms with van der Waals surface area (Å²) in [6.45, 7) is 16.7. The topological polar surface area (TPSA) is 38.4 Å². The van der Waals surface area contributed by atoms with Gasteiger partial charge in [-0.1, -0.05) is 123 Å². The predicted octanol–water partition coefficient (Wildman–Crippen LogP) is 10.4. The van der Waals surface area contributed by atoms with Gasteiger partial charge in [0.1, 0.15) is 0 Å². The summed E-state index contributed by atoms with van der Waals surface area (Å²) in [6.07, 6.45) is 6.20. The van der Waals surface area contributed by atoms with Crippen molar-refractivity contribution in [2.75, 3.05) is 11.9 Å². The minimum Gasteiger partial charge on any atom is -0.436 e. The zero-order chi connectivity index (χ0) is 38.0. The molecule has 0 bridgehead atoms. The van der Waals surface area contributed by atoms with Crippen LogP contribution in [-0.2, 0) is 36.4 Å². The molecule has 2 aliphatic heterocycles. The van der Waals surface area contributed by atoms with E-state index in [1.807, 2.05) is 24.4 Å². The Morgan fingerprint density at radius 1 is 0.750 bits per heavy atom. The van der Waals surface area contributed by atoms with Gasteiger partial charge in [0.2, 0.25) is 0 Å². The van der Waals surface area contributed by atoms with Crippen molar-refractivity contribution in [3.05, 3.63) is 150 Å². The molecule has 0 N–H and O–H groups in total. The number of aromatic nitrogens is 4. The first-order chi connectivity index (χ1) is 26.4. The van der Waals surface area contributed by atoms with E-state index in [-0.39, 0.29) is 43.3 Å². The minimum atomic E-state index is -0.0453. The molecule has 56 heavy (non-hydrogen) atoms. The smallest absolute Gasteiger partial charge is 0.399 e. The largest absolute Gasteiger partial charge is 0.436 e. The summed E-state index contributed by atoms with van der Waals surface area (Å²) in [5, 5.41) is 3.67. The first-order valence-corrected chi connectivity index (χ1v) is 19.7. The van der Waals surface area contributed by atoms with Gasteiger partial charge in [0.25, 0.3) is 0 Å². The zero-order valence-electron chi connectivity index (χ0n) is 33.5. The number of nitrogens with zero attached hydrogens (tertiary/aromatic N) is 5. The maximum Gasteiger partial charge on any atom is 0.399 e. The van der Waals surface area contributed by atoms with E-state index >= 15 is 0 Å². The van der Waals surface area contributed by atoms with Gasteiger partial charge in [-0.25, -0.2) is 0 Å². The van der Waals surface area contributed by atoms with E-state index < -0.39 is 0 Å². The third-order valence-corrected chi connectivity index (χ3v) is 13.8. The van der Waals surface area contributed by atoms with Gasteiger partial charge in [-0.3, -0.25) is 9.97 Å². The number of benzene rings is 5. The third kappa shape index (κ3) is 4.89. The summed E-state index contributed by atoms with van der Waals surface area (Å²) in [6, 6.07) is 41.7. The summed E-state index contributed by atoms with van der Waals surface area (Å²) < 4.78 is 4.76. The monoisotopic (exact) mass is 908 g/mol. The molecule has 0 fully saturated rings. The molecule has 11 rings (SSSR count). The Morgan fingerprint density at radius 2 is 1.45 bits per heavy atom. The van der Waals surface area contributed by atoms with E-state index in [0.29, 0.717) is 0 Å². The molecule has 1 radical (unpaired) electrons. The van der Waals surface area contributed by atoms with E-state index in [1.54, 1.807) is 0 Å². The fourth-order valence-corrected chi connectivity index (χ4v) is 10.3. The van der Waals surface area contributed by atoms with Crippen molar-refractivity contribution >= 4 is 45.5 Å². The van der Waals surface area contributed by atoms with Gasteiger partial charge in [-0.15, -0.1) is 53.9 Å². The van der Waals surface area contributed by atoms with Crippen LogP contribution in [0.2, 0.25) is 0 Å². The Balaban J connectivity index is 0.000000156. The summed E-state index contributed by atoms with van der Waals surface area (Å²) in [7, 11) is 2.14. The van der Waals surface area contributed by atoms with Crippen LogP contribution in [0.4, 0.5) is 5.69 Å². The fraction of sp³-hybridized carbons (Fsp3) is 0.265. The number of rotatable bonds is 1. The number of anilines is 1. The van der Waals surface area contributed by atoms with Crippen molar-refractivity contribution in [3.8, 4) is 22.6 Å². The molecule has 5 aromatic carbocycles. The van der Waals surface area contributed by atoms with Crippen LogP contribution in [0.5, 0.6) is 0 Å². The number of hydrogen-bond acceptors (Lipinski definition) is 3. The predicted molar refractivity (Wildman–Crippen MR) is 229 cm³/mol. The van der Waals surface area contributed by atoms with E-state index in [4.69, 9.17) is 4.98 Å². The molecule has 5 nitrogen and oxygen atoms in total. The van der Waals surface area contributed by atoms with E-state index in [2.05, 4.69) is 171 Å². The molecule has 0 spiro atoms. The van der Waals surface area contributed by atoms with E-state index in [1.165, 1.54) is 61.0 Å². The number of fused-ring (bicyclic) bond motifs is 8. The molecule has 0 amide bonds. The normalized spacial score (nSPS) is 18.4. The Kier molecular flexibility index (Phi) is 8.36. The summed E-state index contributed by atoms with van der Waals surface area (Å²) in [5.74, 6) is 0.987. The molecule has 3 aliphatic rings. The Bertz CT molecular complexity index is 2840. The van der Waals surface area contributed by atoms with E-state index in [0.717, 1.165) is 41.0 Å². The van der Waals surface area contributed by atoms with Crippen molar-refractivity contribution in [2.45, 2.75) is 77.6 Å². The third-order valence-electron chi connectivity index (χ3n) is 13.8. The van der Waals surface area contributed by atoms with Gasteiger partial charge in [0.15, 0.2) is 0 Å². The summed E-state index contributed by atoms with van der Waals surface area (Å²) in [5.41, 5.74) is 15.3. The second-order valence-electron chi connectivity index (χ2n) is 17.4. The van der Waals surface area contributed by atoms with Gasteiger partial charge < -0.3 is 13.7 Å². The van der Waals surface area contributed by atoms with Crippen molar-refractivity contribution in [3.63, 3.8) is 0 Å². The Morgan fingerprint density at radius 3 is 2.25 bits per heavy atom. The van der Waals surface area contributed by atoms with Crippen LogP contribution in [0.25, 0.3) is 50.0 Å². The minimum absolute atomic E-state index is 0. The van der Waals surface area contributed by atoms with Crippen molar-refractivity contribution in [2.24, 2.45) is 0 Å². The molecular formula is C49H46BIrN5-2. The van der Waals surface area contributed by atoms with Crippen LogP contribution in [-0.4, -0.2) is 32.9 Å². The summed E-state index contributed by atoms with van der Waals surface area (Å²) >= 11 is 0. The van der Waals surface area contributed by atoms with Gasteiger partial charge in [0, 0.05) is 65.9 Å². The molecule has 8 aromatic rings. The number of aryl methyl sites for hydroxylation is 2. The second-order valence-corrected chi connectivity index (χ2v) is 17.4. The molecule has 1 unspecified atom stereocenters. The number of hydrogen-bond donors (Lipinski definition) is 0. The average Bonchev–Trinajstić information content (AvgIpc) is 3.84. The first kappa shape index (κ1) is 36.7. The van der Waals surface area contributed by atoms with Crippen LogP contribution in [0.1, 0.15) is 75.4 Å². The van der Waals surface area contributed by atoms with Crippen molar-refractivity contribution < 1.29 is 20.1 Å². The number of pyridine rings is 1. The van der Waals surface area contributed by atoms with Gasteiger partial charge in [-0.05, 0) is 61.1 Å². The molecule has 5 heterocycles. The standard InChI is InChI=1S/C31H29N2.C18H17BN3.Ir/c1-29(2)17-18-31(5)27-25(22-13-8-9-15-23(22)29)32-28-21-12-7-6-11-19(21)20-14-10-16-24(30(31,3)4)26(20)33(27)28;1-13-7-6-8-14(2)17(13)19-21(3)16-10-5-4-9-15(16)18-20-11-12-22(18)19;/h6-11,13-16H,17-18H2,1-5H3;4-8,10-12H,1-3H3;/q2*-1;. The average molecular weight is 908 g/mol. The van der Waals surface area contributed by atoms with Crippen LogP contribution in [0, 0.1) is 26.0 Å². The quantitative estimate of drug-likeness (QED) is 0.0936. The Labute approximate surface area is 344 Å². The molecule has 1 atom stereocenters. The fourth-order valence-electron chi connectivity index (χ4n) is 10.3. The molecule has 0 saturated carbocycles. The summed E-state index contributed by atoms with van der Waals surface area (Å²) in [4.78, 5) is 12.4. The van der Waals surface area contributed by atoms with Crippen LogP contribution < -0.4 is 10.3 Å². The molecular weight excluding hydrogens is 862 g/mol. The van der Waals surface area contributed by atoms with Crippen LogP contribution in [0.15, 0.2) is 109 Å². The molecule has 1 aliphatic carbocycles. The van der Waals surface area contributed by atoms with Gasteiger partial charge in [0.05, 0.1) is 11.3 Å². The van der Waals surface area contributed by atoms with E-state index in [9.17, 15) is 0 Å². The maximum atomic E-state index is 5.47. The van der Waals surface area contributed by atoms with Crippen LogP contribution >= 0.6 is 0 Å². The maximum absolute atomic E-state index is 5.47. The zero-order valence-corrected chi connectivity index (χ0v) is 35.8. The van der Waals surface area contributed by atoms with Crippen molar-refractivity contribution in [1.29, 1.82) is 0 Å². The molecule has 0 saturated heterocycles. The van der Waals surface area contributed by atoms with Gasteiger partial charge in [-0.2, -0.15) is 0 Å². The molecule has 3 aromatic heterocycles. The van der Waals surface area contributed by atoms with Crippen molar-refractivity contribution in [1.82, 2.24) is 18.8 Å².